The molecule has 7 heteroatoms. The Labute approximate surface area is 118 Å². The molecule has 1 atom stereocenters. The number of rotatable bonds is 2. The third-order valence-corrected chi connectivity index (χ3v) is 0.997. The Kier molecular flexibility index (Phi) is 106. The minimum absolute atomic E-state index is 0. The van der Waals surface area contributed by atoms with Crippen LogP contribution in [0.3, 0.4) is 0 Å². The molecule has 1 unspecified atom stereocenters. The van der Waals surface area contributed by atoms with E-state index in [0.717, 1.165) is 0 Å². The Bertz CT molecular complexity index is 67.1. The minimum atomic E-state index is -0.350. The predicted octanol–water partition coefficient (Wildman–Crippen LogP) is -1.33. The van der Waals surface area contributed by atoms with Gasteiger partial charge in [-0.2, -0.15) is 0 Å². The molecule has 0 rings (SSSR count). The molecule has 0 saturated carbocycles. The van der Waals surface area contributed by atoms with E-state index in [2.05, 4.69) is 6.58 Å². The van der Waals surface area contributed by atoms with Crippen LogP contribution in [0.25, 0.3) is 0 Å². The zero-order valence-electron chi connectivity index (χ0n) is 7.75. The van der Waals surface area contributed by atoms with Crippen molar-refractivity contribution in [2.75, 3.05) is 11.8 Å². The summed E-state index contributed by atoms with van der Waals surface area (Å²) in [6.45, 7) is 4.99. The van der Waals surface area contributed by atoms with E-state index < -0.39 is 0 Å². The standard InChI is InChI=1S/C3H7ClO.C3H5Cl.Cl.Na.2H2O/c1-3(5)2-4;1-2-3-4;;;;/h3,5H,2H2,1H3;2H,1,3H2;;;2*1H2/q;;2*+1;;/p-2. The van der Waals surface area contributed by atoms with Gasteiger partial charge in [0.05, 0.1) is 6.10 Å². The Hall–Kier alpha value is 1.49. The zero-order chi connectivity index (χ0) is 7.70. The molecular formula is C6H14Cl3NaO3. The van der Waals surface area contributed by atoms with Gasteiger partial charge in [0.15, 0.2) is 0 Å². The molecule has 78 valence electrons. The molecule has 0 amide bonds. The van der Waals surface area contributed by atoms with Crippen molar-refractivity contribution in [1.82, 2.24) is 0 Å². The number of aliphatic hydroxyl groups is 1. The van der Waals surface area contributed by atoms with Gasteiger partial charge in [0.25, 0.3) is 0 Å². The molecule has 0 aliphatic carbocycles. The SMILES string of the molecule is C=CCCl.CC(O)CCl.[Cl+].[Na+].[OH-].[OH-]. The van der Waals surface area contributed by atoms with E-state index in [1.54, 1.807) is 13.0 Å². The maximum absolute atomic E-state index is 8.23. The molecule has 0 heterocycles. The molecule has 0 aromatic carbocycles. The summed E-state index contributed by atoms with van der Waals surface area (Å²) in [4.78, 5) is 0. The zero-order valence-corrected chi connectivity index (χ0v) is 12.0. The van der Waals surface area contributed by atoms with E-state index in [1.807, 2.05) is 0 Å². The molecule has 0 aromatic rings. The molecule has 0 aliphatic rings. The van der Waals surface area contributed by atoms with Gasteiger partial charge >= 0.3 is 42.0 Å². The van der Waals surface area contributed by atoms with Crippen LogP contribution >= 0.6 is 23.2 Å². The monoisotopic (exact) mass is 262 g/mol. The first-order chi connectivity index (χ1) is 4.18. The first kappa shape index (κ1) is 36.6. The number of allylic oxidation sites excluding steroid dienone is 1. The number of hydrogen-bond acceptors (Lipinski definition) is 3. The fraction of sp³-hybridized carbons (Fsp3) is 0.667. The average Bonchev–Trinajstić information content (AvgIpc) is 1.89. The van der Waals surface area contributed by atoms with Gasteiger partial charge in [-0.25, -0.2) is 0 Å². The van der Waals surface area contributed by atoms with Crippen molar-refractivity contribution >= 4 is 23.2 Å². The second kappa shape index (κ2) is 37.5. The van der Waals surface area contributed by atoms with Crippen molar-refractivity contribution in [1.29, 1.82) is 0 Å². The fourth-order valence-electron chi connectivity index (χ4n) is 0. The van der Waals surface area contributed by atoms with Crippen LogP contribution in [0.15, 0.2) is 12.7 Å². The summed E-state index contributed by atoms with van der Waals surface area (Å²) in [6, 6.07) is 0. The molecule has 0 saturated heterocycles. The normalized spacial score (nSPS) is 7.69. The summed E-state index contributed by atoms with van der Waals surface area (Å²) in [6.07, 6.45) is 1.29. The summed E-state index contributed by atoms with van der Waals surface area (Å²) >= 11 is 10.2. The number of alkyl halides is 2. The van der Waals surface area contributed by atoms with Crippen LogP contribution < -0.4 is 29.6 Å². The average molecular weight is 264 g/mol. The van der Waals surface area contributed by atoms with Gasteiger partial charge in [-0.1, -0.05) is 6.08 Å². The smallest absolute Gasteiger partial charge is 0.870 e. The van der Waals surface area contributed by atoms with E-state index in [-0.39, 0.29) is 59.0 Å². The molecule has 2 radical (unpaired) electrons. The van der Waals surface area contributed by atoms with Gasteiger partial charge < -0.3 is 16.1 Å². The number of hydrogen-bond donors (Lipinski definition) is 1. The van der Waals surface area contributed by atoms with Crippen LogP contribution in [0.5, 0.6) is 0 Å². The van der Waals surface area contributed by atoms with Gasteiger partial charge in [-0.05, 0) is 6.92 Å². The predicted molar refractivity (Wildman–Crippen MR) is 47.2 cm³/mol. The quantitative estimate of drug-likeness (QED) is 0.381. The van der Waals surface area contributed by atoms with Gasteiger partial charge in [-0.15, -0.1) is 29.8 Å². The van der Waals surface area contributed by atoms with Gasteiger partial charge in [0, 0.05) is 11.8 Å². The molecule has 13 heavy (non-hydrogen) atoms. The van der Waals surface area contributed by atoms with Crippen LogP contribution in [0.1, 0.15) is 6.92 Å². The van der Waals surface area contributed by atoms with E-state index in [0.29, 0.717) is 11.8 Å². The Morgan fingerprint density at radius 2 is 1.54 bits per heavy atom. The first-order valence-electron chi connectivity index (χ1n) is 2.59. The van der Waals surface area contributed by atoms with Gasteiger partial charge in [-0.3, -0.25) is 0 Å². The Morgan fingerprint density at radius 3 is 1.54 bits per heavy atom. The van der Waals surface area contributed by atoms with E-state index in [9.17, 15) is 0 Å². The largest absolute Gasteiger partial charge is 1.00 e. The molecule has 0 bridgehead atoms. The van der Waals surface area contributed by atoms with Crippen LogP contribution in [0.2, 0.25) is 0 Å². The van der Waals surface area contributed by atoms with Crippen molar-refractivity contribution in [3.8, 4) is 0 Å². The van der Waals surface area contributed by atoms with Crippen LogP contribution in [0, 0.1) is 12.4 Å². The van der Waals surface area contributed by atoms with Crippen LogP contribution in [0.4, 0.5) is 0 Å². The van der Waals surface area contributed by atoms with E-state index in [4.69, 9.17) is 28.3 Å². The van der Waals surface area contributed by atoms with Crippen molar-refractivity contribution in [3.63, 3.8) is 0 Å². The maximum Gasteiger partial charge on any atom is 1.00 e. The summed E-state index contributed by atoms with van der Waals surface area (Å²) in [7, 11) is 0. The third kappa shape index (κ3) is 88.3. The van der Waals surface area contributed by atoms with E-state index in [1.165, 1.54) is 0 Å². The van der Waals surface area contributed by atoms with Gasteiger partial charge in [0.2, 0.25) is 0 Å². The molecule has 3 N–H and O–H groups in total. The second-order valence-corrected chi connectivity index (χ2v) is 2.06. The summed E-state index contributed by atoms with van der Waals surface area (Å²) in [5.74, 6) is 0.889. The Balaban J connectivity index is -0.0000000146. The van der Waals surface area contributed by atoms with Crippen LogP contribution in [-0.2, 0) is 0 Å². The molecule has 0 aromatic heterocycles. The molecule has 0 aliphatic heterocycles. The van der Waals surface area contributed by atoms with Crippen molar-refractivity contribution in [2.45, 2.75) is 13.0 Å². The third-order valence-electron chi connectivity index (χ3n) is 0.332. The number of halogens is 3. The molecule has 0 fully saturated rings. The van der Waals surface area contributed by atoms with Gasteiger partial charge in [0.1, 0.15) is 0 Å². The van der Waals surface area contributed by atoms with Crippen molar-refractivity contribution < 1.29 is 58.0 Å². The number of aliphatic hydroxyl groups excluding tert-OH is 1. The molecular weight excluding hydrogens is 249 g/mol. The molecule has 0 spiro atoms. The van der Waals surface area contributed by atoms with E-state index >= 15 is 0 Å². The fourth-order valence-corrected chi connectivity index (χ4v) is 0. The van der Waals surface area contributed by atoms with Crippen LogP contribution in [-0.4, -0.2) is 33.9 Å². The topological polar surface area (TPSA) is 80.2 Å². The summed E-state index contributed by atoms with van der Waals surface area (Å²) < 4.78 is 0. The molecule has 3 nitrogen and oxygen atoms in total. The first-order valence-corrected chi connectivity index (χ1v) is 3.66. The minimum Gasteiger partial charge on any atom is -0.870 e. The summed E-state index contributed by atoms with van der Waals surface area (Å²) in [5.41, 5.74) is 0. The summed E-state index contributed by atoms with van der Waals surface area (Å²) in [5, 5.41) is 8.23. The second-order valence-electron chi connectivity index (χ2n) is 1.45. The van der Waals surface area contributed by atoms with Crippen molar-refractivity contribution in [2.24, 2.45) is 0 Å². The Morgan fingerprint density at radius 1 is 1.38 bits per heavy atom. The van der Waals surface area contributed by atoms with Crippen molar-refractivity contribution in [3.05, 3.63) is 12.7 Å². The maximum atomic E-state index is 8.23.